The van der Waals surface area contributed by atoms with Gasteiger partial charge in [0.1, 0.15) is 0 Å². The normalized spacial score (nSPS) is 17.0. The van der Waals surface area contributed by atoms with E-state index in [4.69, 9.17) is 0 Å². The Bertz CT molecular complexity index is 867. The number of carbonyl (C=O) groups excluding carboxylic acids is 1. The van der Waals surface area contributed by atoms with Gasteiger partial charge in [0.15, 0.2) is 0 Å². The predicted molar refractivity (Wildman–Crippen MR) is 94.2 cm³/mol. The van der Waals surface area contributed by atoms with E-state index in [-0.39, 0.29) is 5.91 Å². The molecule has 1 atom stereocenters. The molecule has 1 aliphatic heterocycles. The van der Waals surface area contributed by atoms with Gasteiger partial charge in [-0.05, 0) is 65.5 Å². The van der Waals surface area contributed by atoms with Crippen molar-refractivity contribution < 1.29 is 4.79 Å². The third-order valence-electron chi connectivity index (χ3n) is 4.57. The van der Waals surface area contributed by atoms with Gasteiger partial charge in [0.2, 0.25) is 11.6 Å². The number of pyridine rings is 1. The van der Waals surface area contributed by atoms with Crippen LogP contribution >= 0.6 is 0 Å². The molecule has 0 bridgehead atoms. The molecule has 1 saturated heterocycles. The zero-order valence-corrected chi connectivity index (χ0v) is 13.9. The highest BCUT2D eigenvalue weighted by molar-refractivity contribution is 5.95. The fraction of sp³-hybridized carbons (Fsp3) is 0.333. The van der Waals surface area contributed by atoms with Gasteiger partial charge >= 0.3 is 0 Å². The molecule has 4 rings (SSSR count). The van der Waals surface area contributed by atoms with Crippen LogP contribution in [0.5, 0.6) is 0 Å². The number of aromatic nitrogens is 4. The zero-order valence-electron chi connectivity index (χ0n) is 13.9. The molecular weight excluding hydrogens is 316 g/mol. The topological polar surface area (TPSA) is 84.2 Å². The molecule has 0 radical (unpaired) electrons. The number of hydrogen-bond acceptors (Lipinski definition) is 5. The quantitative estimate of drug-likeness (QED) is 0.737. The van der Waals surface area contributed by atoms with E-state index in [1.54, 1.807) is 18.3 Å². The van der Waals surface area contributed by atoms with Crippen molar-refractivity contribution in [2.75, 3.05) is 18.4 Å². The van der Waals surface area contributed by atoms with E-state index < -0.39 is 0 Å². The van der Waals surface area contributed by atoms with Crippen LogP contribution in [0.25, 0.3) is 5.65 Å². The lowest BCUT2D eigenvalue weighted by atomic mass is 9.97. The highest BCUT2D eigenvalue weighted by atomic mass is 16.1. The van der Waals surface area contributed by atoms with Gasteiger partial charge in [-0.3, -0.25) is 4.79 Å². The van der Waals surface area contributed by atoms with E-state index in [1.807, 2.05) is 12.1 Å². The average molecular weight is 336 g/mol. The number of amides is 1. The summed E-state index contributed by atoms with van der Waals surface area (Å²) in [7, 11) is 0. The highest BCUT2D eigenvalue weighted by Crippen LogP contribution is 2.17. The maximum absolute atomic E-state index is 12.3. The SMILES string of the molecule is O=C(Cc1ccc(CC2CCNC2)cc1)Nc1cccn2nnnc12. The van der Waals surface area contributed by atoms with Gasteiger partial charge in [-0.15, -0.1) is 5.10 Å². The molecule has 128 valence electrons. The van der Waals surface area contributed by atoms with Crippen LogP contribution in [0.15, 0.2) is 42.6 Å². The molecule has 0 aliphatic carbocycles. The van der Waals surface area contributed by atoms with Crippen LogP contribution in [0.1, 0.15) is 17.5 Å². The van der Waals surface area contributed by atoms with E-state index in [9.17, 15) is 4.79 Å². The number of rotatable bonds is 5. The van der Waals surface area contributed by atoms with Crippen LogP contribution in [0.4, 0.5) is 5.69 Å². The number of carbonyl (C=O) groups is 1. The smallest absolute Gasteiger partial charge is 0.228 e. The molecule has 2 aromatic heterocycles. The van der Waals surface area contributed by atoms with E-state index in [2.05, 4.69) is 38.3 Å². The molecule has 2 N–H and O–H groups in total. The van der Waals surface area contributed by atoms with Crippen LogP contribution in [-0.4, -0.2) is 39.0 Å². The van der Waals surface area contributed by atoms with E-state index in [0.29, 0.717) is 17.8 Å². The van der Waals surface area contributed by atoms with Crippen LogP contribution in [0.3, 0.4) is 0 Å². The van der Waals surface area contributed by atoms with Gasteiger partial charge in [-0.1, -0.05) is 24.3 Å². The van der Waals surface area contributed by atoms with Gasteiger partial charge in [0, 0.05) is 6.20 Å². The van der Waals surface area contributed by atoms with Gasteiger partial charge in [0.05, 0.1) is 12.1 Å². The lowest BCUT2D eigenvalue weighted by molar-refractivity contribution is -0.115. The summed E-state index contributed by atoms with van der Waals surface area (Å²) in [6.45, 7) is 2.23. The van der Waals surface area contributed by atoms with E-state index in [1.165, 1.54) is 16.5 Å². The van der Waals surface area contributed by atoms with E-state index >= 15 is 0 Å². The molecule has 7 heteroatoms. The first kappa shape index (κ1) is 15.7. The van der Waals surface area contributed by atoms with Crippen LogP contribution in [-0.2, 0) is 17.6 Å². The number of benzene rings is 1. The molecule has 7 nitrogen and oxygen atoms in total. The van der Waals surface area contributed by atoms with Crippen molar-refractivity contribution >= 4 is 17.2 Å². The monoisotopic (exact) mass is 336 g/mol. The predicted octanol–water partition coefficient (Wildman–Crippen LogP) is 1.46. The average Bonchev–Trinajstić information content (AvgIpc) is 3.28. The summed E-state index contributed by atoms with van der Waals surface area (Å²) in [6.07, 6.45) is 4.41. The van der Waals surface area contributed by atoms with Crippen molar-refractivity contribution in [2.45, 2.75) is 19.3 Å². The van der Waals surface area contributed by atoms with Gasteiger partial charge < -0.3 is 10.6 Å². The molecule has 1 fully saturated rings. The van der Waals surface area contributed by atoms with Crippen LogP contribution < -0.4 is 10.6 Å². The number of anilines is 1. The second-order valence-electron chi connectivity index (χ2n) is 6.47. The molecule has 1 aromatic carbocycles. The van der Waals surface area contributed by atoms with Crippen molar-refractivity contribution in [1.29, 1.82) is 0 Å². The number of nitrogens with one attached hydrogen (secondary N) is 2. The lowest BCUT2D eigenvalue weighted by Crippen LogP contribution is -2.15. The molecule has 3 heterocycles. The molecule has 1 unspecified atom stereocenters. The molecular formula is C18H20N6O. The molecule has 0 saturated carbocycles. The summed E-state index contributed by atoms with van der Waals surface area (Å²) in [5, 5.41) is 17.6. The van der Waals surface area contributed by atoms with Gasteiger partial charge in [-0.25, -0.2) is 0 Å². The summed E-state index contributed by atoms with van der Waals surface area (Å²) in [5.74, 6) is 0.648. The summed E-state index contributed by atoms with van der Waals surface area (Å²) in [4.78, 5) is 12.3. The first-order valence-electron chi connectivity index (χ1n) is 8.53. The van der Waals surface area contributed by atoms with Crippen molar-refractivity contribution in [3.8, 4) is 0 Å². The fourth-order valence-electron chi connectivity index (χ4n) is 3.26. The van der Waals surface area contributed by atoms with E-state index in [0.717, 1.165) is 31.0 Å². The Balaban J connectivity index is 1.38. The Hall–Kier alpha value is -2.80. The number of fused-ring (bicyclic) bond motifs is 1. The number of tetrazole rings is 1. The maximum Gasteiger partial charge on any atom is 0.228 e. The maximum atomic E-state index is 12.3. The van der Waals surface area contributed by atoms with Crippen molar-refractivity contribution in [2.24, 2.45) is 5.92 Å². The second kappa shape index (κ2) is 6.98. The number of hydrogen-bond donors (Lipinski definition) is 2. The molecule has 0 spiro atoms. The minimum Gasteiger partial charge on any atom is -0.323 e. The summed E-state index contributed by atoms with van der Waals surface area (Å²) >= 11 is 0. The van der Waals surface area contributed by atoms with Crippen molar-refractivity contribution in [1.82, 2.24) is 25.4 Å². The Morgan fingerprint density at radius 3 is 2.88 bits per heavy atom. The highest BCUT2D eigenvalue weighted by Gasteiger charge is 2.15. The summed E-state index contributed by atoms with van der Waals surface area (Å²) < 4.78 is 1.53. The number of nitrogens with zero attached hydrogens (tertiary/aromatic N) is 4. The van der Waals surface area contributed by atoms with Crippen molar-refractivity contribution in [3.05, 3.63) is 53.7 Å². The molecule has 3 aromatic rings. The Morgan fingerprint density at radius 2 is 2.08 bits per heavy atom. The van der Waals surface area contributed by atoms with Gasteiger partial charge in [-0.2, -0.15) is 4.52 Å². The Labute approximate surface area is 145 Å². The van der Waals surface area contributed by atoms with Crippen LogP contribution in [0, 0.1) is 5.92 Å². The Morgan fingerprint density at radius 1 is 1.24 bits per heavy atom. The summed E-state index contributed by atoms with van der Waals surface area (Å²) in [5.41, 5.74) is 3.48. The first-order chi connectivity index (χ1) is 12.3. The lowest BCUT2D eigenvalue weighted by Gasteiger charge is -2.09. The minimum absolute atomic E-state index is 0.0798. The standard InChI is InChI=1S/C18H20N6O/c25-17(20-16-2-1-9-24-18(16)21-22-23-24)11-14-5-3-13(4-6-14)10-15-7-8-19-12-15/h1-6,9,15,19H,7-8,10-12H2,(H,20,25). The molecule has 1 amide bonds. The Kier molecular flexibility index (Phi) is 4.39. The van der Waals surface area contributed by atoms with Crippen LogP contribution in [0.2, 0.25) is 0 Å². The molecule has 25 heavy (non-hydrogen) atoms. The third kappa shape index (κ3) is 3.66. The molecule has 1 aliphatic rings. The largest absolute Gasteiger partial charge is 0.323 e. The summed E-state index contributed by atoms with van der Waals surface area (Å²) in [6, 6.07) is 11.9. The first-order valence-corrected chi connectivity index (χ1v) is 8.53. The van der Waals surface area contributed by atoms with Gasteiger partial charge in [0.25, 0.3) is 0 Å². The van der Waals surface area contributed by atoms with Crippen molar-refractivity contribution in [3.63, 3.8) is 0 Å². The second-order valence-corrected chi connectivity index (χ2v) is 6.47. The zero-order chi connectivity index (χ0) is 17.1. The minimum atomic E-state index is -0.0798. The third-order valence-corrected chi connectivity index (χ3v) is 4.57. The fourth-order valence-corrected chi connectivity index (χ4v) is 3.26.